The third-order valence-electron chi connectivity index (χ3n) is 7.11. The number of carbonyl (C=O) groups excluding carboxylic acids is 2. The van der Waals surface area contributed by atoms with Crippen LogP contribution in [0.1, 0.15) is 28.8 Å². The van der Waals surface area contributed by atoms with Crippen LogP contribution in [0.5, 0.6) is 0 Å². The first-order valence-electron chi connectivity index (χ1n) is 12.1. The van der Waals surface area contributed by atoms with Gasteiger partial charge in [-0.3, -0.25) is 9.59 Å². The summed E-state index contributed by atoms with van der Waals surface area (Å²) in [5.41, 5.74) is 1.29. The number of benzene rings is 3. The smallest absolute Gasteiger partial charge is 0.254 e. The normalized spacial score (nSPS) is 18.4. The Morgan fingerprint density at radius 3 is 2.43 bits per heavy atom. The van der Waals surface area contributed by atoms with E-state index >= 15 is 0 Å². The Morgan fingerprint density at radius 2 is 1.63 bits per heavy atom. The predicted molar refractivity (Wildman–Crippen MR) is 132 cm³/mol. The summed E-state index contributed by atoms with van der Waals surface area (Å²) in [5, 5.41) is 11.3. The summed E-state index contributed by atoms with van der Waals surface area (Å²) < 4.78 is 14.0. The van der Waals surface area contributed by atoms with Crippen LogP contribution in [0.2, 0.25) is 0 Å². The van der Waals surface area contributed by atoms with Gasteiger partial charge in [0.1, 0.15) is 17.4 Å². The Labute approximate surface area is 204 Å². The first-order valence-corrected chi connectivity index (χ1v) is 12.1. The van der Waals surface area contributed by atoms with Gasteiger partial charge in [0.15, 0.2) is 0 Å². The molecule has 2 saturated heterocycles. The zero-order valence-corrected chi connectivity index (χ0v) is 19.5. The Hall–Kier alpha value is -3.92. The molecule has 35 heavy (non-hydrogen) atoms. The summed E-state index contributed by atoms with van der Waals surface area (Å²) in [6.45, 7) is 3.16. The molecule has 3 aromatic carbocycles. The van der Waals surface area contributed by atoms with Crippen molar-refractivity contribution in [3.05, 3.63) is 77.6 Å². The molecule has 0 spiro atoms. The number of piperidine rings is 1. The molecule has 3 aromatic rings. The number of amides is 2. The second-order valence-electron chi connectivity index (χ2n) is 9.18. The van der Waals surface area contributed by atoms with Crippen molar-refractivity contribution in [1.82, 2.24) is 9.80 Å². The van der Waals surface area contributed by atoms with Gasteiger partial charge >= 0.3 is 0 Å². The number of likely N-dealkylation sites (tertiary alicyclic amines) is 1. The van der Waals surface area contributed by atoms with E-state index in [2.05, 4.69) is 0 Å². The predicted octanol–water partition coefficient (Wildman–Crippen LogP) is 4.05. The van der Waals surface area contributed by atoms with Crippen molar-refractivity contribution in [3.8, 4) is 6.07 Å². The largest absolute Gasteiger partial charge is 0.367 e. The van der Waals surface area contributed by atoms with Gasteiger partial charge in [0.2, 0.25) is 5.91 Å². The summed E-state index contributed by atoms with van der Waals surface area (Å²) in [6, 6.07) is 20.2. The van der Waals surface area contributed by atoms with E-state index in [1.807, 2.05) is 63.2 Å². The SMILES string of the molecule is N#Cc1c(F)cccc1N1CCN(C(=O)C2CCCN(C(=O)c3cccc4ccccc34)C2)CC1. The highest BCUT2D eigenvalue weighted by atomic mass is 19.1. The van der Waals surface area contributed by atoms with Gasteiger partial charge < -0.3 is 14.7 Å². The van der Waals surface area contributed by atoms with Crippen molar-refractivity contribution in [3.63, 3.8) is 0 Å². The van der Waals surface area contributed by atoms with Gasteiger partial charge in [-0.2, -0.15) is 5.26 Å². The molecule has 1 atom stereocenters. The van der Waals surface area contributed by atoms with Crippen LogP contribution in [0, 0.1) is 23.1 Å². The molecule has 0 aromatic heterocycles. The molecule has 5 rings (SSSR count). The van der Waals surface area contributed by atoms with Crippen LogP contribution >= 0.6 is 0 Å². The van der Waals surface area contributed by atoms with Crippen LogP contribution in [0.3, 0.4) is 0 Å². The molecule has 7 heteroatoms. The minimum Gasteiger partial charge on any atom is -0.367 e. The first kappa shape index (κ1) is 22.9. The Morgan fingerprint density at radius 1 is 0.886 bits per heavy atom. The number of hydrogen-bond donors (Lipinski definition) is 0. The number of halogens is 1. The zero-order chi connectivity index (χ0) is 24.4. The topological polar surface area (TPSA) is 67.7 Å². The second kappa shape index (κ2) is 9.75. The van der Waals surface area contributed by atoms with Crippen molar-refractivity contribution in [1.29, 1.82) is 5.26 Å². The van der Waals surface area contributed by atoms with Crippen LogP contribution in [-0.2, 0) is 4.79 Å². The molecule has 6 nitrogen and oxygen atoms in total. The van der Waals surface area contributed by atoms with Gasteiger partial charge in [0, 0.05) is 44.8 Å². The third kappa shape index (κ3) is 4.44. The quantitative estimate of drug-likeness (QED) is 0.579. The lowest BCUT2D eigenvalue weighted by Gasteiger charge is -2.40. The van der Waals surface area contributed by atoms with E-state index in [4.69, 9.17) is 0 Å². The Kier molecular flexibility index (Phi) is 6.37. The number of nitriles is 1. The number of anilines is 1. The fraction of sp³-hybridized carbons (Fsp3) is 0.321. The molecule has 2 heterocycles. The van der Waals surface area contributed by atoms with Gasteiger partial charge in [-0.15, -0.1) is 0 Å². The summed E-state index contributed by atoms with van der Waals surface area (Å²) in [5.74, 6) is -0.709. The van der Waals surface area contributed by atoms with Gasteiger partial charge in [0.25, 0.3) is 5.91 Å². The van der Waals surface area contributed by atoms with E-state index in [0.717, 1.165) is 23.6 Å². The number of fused-ring (bicyclic) bond motifs is 1. The summed E-state index contributed by atoms with van der Waals surface area (Å²) in [4.78, 5) is 32.4. The summed E-state index contributed by atoms with van der Waals surface area (Å²) >= 11 is 0. The van der Waals surface area contributed by atoms with Crippen molar-refractivity contribution in [2.24, 2.45) is 5.92 Å². The van der Waals surface area contributed by atoms with Crippen LogP contribution in [-0.4, -0.2) is 60.9 Å². The maximum Gasteiger partial charge on any atom is 0.254 e. The minimum absolute atomic E-state index is 0.0285. The second-order valence-corrected chi connectivity index (χ2v) is 9.18. The lowest BCUT2D eigenvalue weighted by atomic mass is 9.95. The number of rotatable bonds is 3. The van der Waals surface area contributed by atoms with E-state index in [1.165, 1.54) is 6.07 Å². The van der Waals surface area contributed by atoms with Crippen molar-refractivity contribution < 1.29 is 14.0 Å². The highest BCUT2D eigenvalue weighted by Gasteiger charge is 2.33. The van der Waals surface area contributed by atoms with Crippen LogP contribution in [0.25, 0.3) is 10.8 Å². The Bertz CT molecular complexity index is 1300. The molecule has 2 aliphatic heterocycles. The summed E-state index contributed by atoms with van der Waals surface area (Å²) in [6.07, 6.45) is 1.56. The average Bonchev–Trinajstić information content (AvgIpc) is 2.92. The molecular weight excluding hydrogens is 443 g/mol. The third-order valence-corrected chi connectivity index (χ3v) is 7.11. The highest BCUT2D eigenvalue weighted by molar-refractivity contribution is 6.07. The molecule has 178 valence electrons. The first-order chi connectivity index (χ1) is 17.1. The van der Waals surface area contributed by atoms with Crippen LogP contribution < -0.4 is 4.90 Å². The van der Waals surface area contributed by atoms with E-state index in [0.29, 0.717) is 50.5 Å². The van der Waals surface area contributed by atoms with E-state index < -0.39 is 5.82 Å². The monoisotopic (exact) mass is 470 g/mol. The minimum atomic E-state index is -0.526. The molecule has 1 unspecified atom stereocenters. The zero-order valence-electron chi connectivity index (χ0n) is 19.5. The van der Waals surface area contributed by atoms with Gasteiger partial charge in [-0.25, -0.2) is 4.39 Å². The fourth-order valence-electron chi connectivity index (χ4n) is 5.26. The molecule has 0 N–H and O–H groups in total. The van der Waals surface area contributed by atoms with Gasteiger partial charge in [-0.1, -0.05) is 42.5 Å². The molecule has 0 radical (unpaired) electrons. The standard InChI is InChI=1S/C28H27FN4O2/c29-25-11-4-12-26(24(25)18-30)31-14-16-32(17-15-31)27(34)21-8-5-13-33(19-21)28(35)23-10-3-7-20-6-1-2-9-22(20)23/h1-4,6-7,9-12,21H,5,8,13-17,19H2. The lowest BCUT2D eigenvalue weighted by molar-refractivity contribution is -0.137. The van der Waals surface area contributed by atoms with Crippen molar-refractivity contribution in [2.75, 3.05) is 44.2 Å². The van der Waals surface area contributed by atoms with Crippen molar-refractivity contribution >= 4 is 28.3 Å². The molecule has 2 amide bonds. The maximum absolute atomic E-state index is 14.0. The number of hydrogen-bond acceptors (Lipinski definition) is 4. The van der Waals surface area contributed by atoms with Gasteiger partial charge in [-0.05, 0) is 41.8 Å². The fourth-order valence-corrected chi connectivity index (χ4v) is 5.26. The molecule has 0 bridgehead atoms. The molecule has 2 fully saturated rings. The molecule has 0 saturated carbocycles. The Balaban J connectivity index is 1.24. The number of carbonyl (C=O) groups is 2. The van der Waals surface area contributed by atoms with E-state index in [9.17, 15) is 19.2 Å². The van der Waals surface area contributed by atoms with Gasteiger partial charge in [0.05, 0.1) is 11.6 Å². The van der Waals surface area contributed by atoms with E-state index in [1.54, 1.807) is 12.1 Å². The van der Waals surface area contributed by atoms with E-state index in [-0.39, 0.29) is 23.3 Å². The maximum atomic E-state index is 14.0. The van der Waals surface area contributed by atoms with Crippen LogP contribution in [0.15, 0.2) is 60.7 Å². The molecular formula is C28H27FN4O2. The van der Waals surface area contributed by atoms with Crippen molar-refractivity contribution in [2.45, 2.75) is 12.8 Å². The summed E-state index contributed by atoms with van der Waals surface area (Å²) in [7, 11) is 0. The average molecular weight is 471 g/mol. The number of piperazine rings is 1. The molecule has 0 aliphatic carbocycles. The highest BCUT2D eigenvalue weighted by Crippen LogP contribution is 2.27. The molecule has 2 aliphatic rings. The van der Waals surface area contributed by atoms with Crippen LogP contribution in [0.4, 0.5) is 10.1 Å². The number of nitrogens with zero attached hydrogens (tertiary/aromatic N) is 4. The lowest BCUT2D eigenvalue weighted by Crippen LogP contribution is -2.53.